The minimum absolute atomic E-state index is 0.176. The maximum absolute atomic E-state index is 13.1. The number of nitrogens with one attached hydrogen (secondary N) is 2. The lowest BCUT2D eigenvalue weighted by atomic mass is 9.94. The van der Waals surface area contributed by atoms with Crippen LogP contribution in [0.3, 0.4) is 0 Å². The molecule has 1 aliphatic heterocycles. The molecule has 3 N–H and O–H groups in total. The minimum atomic E-state index is -4.27. The number of para-hydroxylation sites is 1. The molecule has 1 fully saturated rings. The second-order valence-electron chi connectivity index (χ2n) is 9.02. The molecule has 1 aliphatic carbocycles. The summed E-state index contributed by atoms with van der Waals surface area (Å²) in [6.45, 7) is -0.508. The van der Waals surface area contributed by atoms with Gasteiger partial charge in [0.2, 0.25) is 0 Å². The first-order valence-corrected chi connectivity index (χ1v) is 11.6. The highest BCUT2D eigenvalue weighted by atomic mass is 19.4. The van der Waals surface area contributed by atoms with E-state index in [1.165, 1.54) is 4.90 Å². The van der Waals surface area contributed by atoms with Gasteiger partial charge >= 0.3 is 6.18 Å². The van der Waals surface area contributed by atoms with Crippen molar-refractivity contribution in [3.8, 4) is 5.69 Å². The van der Waals surface area contributed by atoms with E-state index in [9.17, 15) is 18.3 Å². The van der Waals surface area contributed by atoms with E-state index in [1.54, 1.807) is 4.68 Å². The van der Waals surface area contributed by atoms with Gasteiger partial charge in [0.1, 0.15) is 5.82 Å². The molecular weight excluding hydrogens is 443 g/mol. The molecule has 9 heteroatoms. The first kappa shape index (κ1) is 22.9. The zero-order chi connectivity index (χ0) is 23.7. The van der Waals surface area contributed by atoms with Crippen molar-refractivity contribution in [1.82, 2.24) is 20.0 Å². The maximum Gasteiger partial charge on any atom is 0.401 e. The third kappa shape index (κ3) is 4.96. The molecule has 0 spiro atoms. The lowest BCUT2D eigenvalue weighted by Gasteiger charge is -2.25. The highest BCUT2D eigenvalue weighted by molar-refractivity contribution is 5.55. The predicted molar refractivity (Wildman–Crippen MR) is 124 cm³/mol. The van der Waals surface area contributed by atoms with Crippen molar-refractivity contribution in [2.45, 2.75) is 43.8 Å². The Balaban J connectivity index is 1.36. The van der Waals surface area contributed by atoms with Gasteiger partial charge < -0.3 is 10.4 Å². The van der Waals surface area contributed by atoms with Crippen LogP contribution in [-0.4, -0.2) is 58.0 Å². The van der Waals surface area contributed by atoms with Crippen molar-refractivity contribution >= 4 is 5.82 Å². The average molecular weight is 472 g/mol. The van der Waals surface area contributed by atoms with E-state index in [2.05, 4.69) is 10.6 Å². The van der Waals surface area contributed by atoms with Gasteiger partial charge in [-0.1, -0.05) is 48.5 Å². The van der Waals surface area contributed by atoms with Crippen LogP contribution in [0.1, 0.15) is 29.2 Å². The number of anilines is 1. The topological polar surface area (TPSA) is 65.3 Å². The number of hydrogen-bond donors (Lipinski definition) is 3. The summed E-state index contributed by atoms with van der Waals surface area (Å²) in [4.78, 5) is 1.40. The molecule has 34 heavy (non-hydrogen) atoms. The molecule has 6 nitrogen and oxygen atoms in total. The van der Waals surface area contributed by atoms with Crippen LogP contribution in [0.25, 0.3) is 5.69 Å². The number of alkyl halides is 3. The van der Waals surface area contributed by atoms with Crippen molar-refractivity contribution in [1.29, 1.82) is 0 Å². The van der Waals surface area contributed by atoms with Crippen LogP contribution in [0, 0.1) is 0 Å². The molecule has 5 rings (SSSR count). The average Bonchev–Trinajstić information content (AvgIpc) is 3.50. The maximum atomic E-state index is 13.1. The Bertz CT molecular complexity index is 1100. The van der Waals surface area contributed by atoms with Crippen LogP contribution in [0.5, 0.6) is 0 Å². The van der Waals surface area contributed by atoms with E-state index in [4.69, 9.17) is 5.10 Å². The summed E-state index contributed by atoms with van der Waals surface area (Å²) in [6, 6.07) is 18.8. The number of aromatic nitrogens is 2. The van der Waals surface area contributed by atoms with Crippen molar-refractivity contribution in [3.63, 3.8) is 0 Å². The standard InChI is InChI=1S/C25H28F3N5O/c26-25(27,28)16-32-14-20(17-8-3-1-4-9-17)22(15-32)29-24(34)30-23-19-12-7-13-21(19)31-33(23)18-10-5-2-6-11-18/h1-6,8-11,20,22,24,29-30,34H,7,12-16H2/t20-,22+,24?/m0/s1. The van der Waals surface area contributed by atoms with Gasteiger partial charge in [0.15, 0.2) is 6.35 Å². The quantitative estimate of drug-likeness (QED) is 0.459. The van der Waals surface area contributed by atoms with Crippen LogP contribution >= 0.6 is 0 Å². The van der Waals surface area contributed by atoms with Crippen LogP contribution in [-0.2, 0) is 12.8 Å². The SMILES string of the molecule is OC(Nc1c2c(nn1-c1ccccc1)CCC2)N[C@@H]1CN(CC(F)(F)F)C[C@H]1c1ccccc1. The number of rotatable bonds is 7. The van der Waals surface area contributed by atoms with Crippen molar-refractivity contribution in [2.75, 3.05) is 25.0 Å². The second-order valence-corrected chi connectivity index (χ2v) is 9.02. The highest BCUT2D eigenvalue weighted by Crippen LogP contribution is 2.33. The molecule has 1 saturated heterocycles. The third-order valence-corrected chi connectivity index (χ3v) is 6.58. The smallest absolute Gasteiger partial charge is 0.361 e. The summed E-state index contributed by atoms with van der Waals surface area (Å²) in [7, 11) is 0. The Morgan fingerprint density at radius 1 is 1.00 bits per heavy atom. The molecule has 3 atom stereocenters. The molecule has 0 saturated carbocycles. The molecular formula is C25H28F3N5O. The van der Waals surface area contributed by atoms with E-state index >= 15 is 0 Å². The molecule has 0 amide bonds. The number of fused-ring (bicyclic) bond motifs is 1. The Kier molecular flexibility index (Phi) is 6.33. The Hall–Kier alpha value is -2.88. The van der Waals surface area contributed by atoms with Gasteiger partial charge in [-0.3, -0.25) is 10.2 Å². The van der Waals surface area contributed by atoms with Gasteiger partial charge in [-0.2, -0.15) is 18.3 Å². The number of aryl methyl sites for hydroxylation is 1. The van der Waals surface area contributed by atoms with Gasteiger partial charge in [-0.25, -0.2) is 4.68 Å². The van der Waals surface area contributed by atoms with Crippen LogP contribution in [0.15, 0.2) is 60.7 Å². The zero-order valence-electron chi connectivity index (χ0n) is 18.7. The summed E-state index contributed by atoms with van der Waals surface area (Å²) < 4.78 is 41.0. The highest BCUT2D eigenvalue weighted by Gasteiger charge is 2.40. The van der Waals surface area contributed by atoms with Gasteiger partial charge in [-0.05, 0) is 37.0 Å². The Labute approximate surface area is 196 Å². The predicted octanol–water partition coefficient (Wildman–Crippen LogP) is 3.67. The van der Waals surface area contributed by atoms with E-state index in [-0.39, 0.29) is 25.0 Å². The number of aliphatic hydroxyl groups is 1. The molecule has 180 valence electrons. The van der Waals surface area contributed by atoms with Gasteiger partial charge in [0.05, 0.1) is 17.9 Å². The molecule has 1 unspecified atom stereocenters. The summed E-state index contributed by atoms with van der Waals surface area (Å²) in [6.07, 6.45) is -2.65. The van der Waals surface area contributed by atoms with Gasteiger partial charge in [0, 0.05) is 30.6 Å². The van der Waals surface area contributed by atoms with Crippen LogP contribution in [0.4, 0.5) is 19.0 Å². The summed E-state index contributed by atoms with van der Waals surface area (Å²) in [5.41, 5.74) is 3.92. The molecule has 1 aromatic heterocycles. The van der Waals surface area contributed by atoms with Crippen LogP contribution < -0.4 is 10.6 Å². The second kappa shape index (κ2) is 9.40. The number of aliphatic hydroxyl groups excluding tert-OH is 1. The fourth-order valence-electron chi connectivity index (χ4n) is 5.14. The number of halogens is 3. The molecule has 3 aromatic rings. The monoisotopic (exact) mass is 471 g/mol. The Morgan fingerprint density at radius 3 is 2.41 bits per heavy atom. The fourth-order valence-corrected chi connectivity index (χ4v) is 5.14. The zero-order valence-corrected chi connectivity index (χ0v) is 18.7. The van der Waals surface area contributed by atoms with Gasteiger partial charge in [0.25, 0.3) is 0 Å². The molecule has 2 aliphatic rings. The molecule has 2 aromatic carbocycles. The normalized spacial score (nSPS) is 21.5. The first-order valence-electron chi connectivity index (χ1n) is 11.6. The number of benzene rings is 2. The largest absolute Gasteiger partial charge is 0.401 e. The van der Waals surface area contributed by atoms with E-state index in [0.29, 0.717) is 0 Å². The number of nitrogens with zero attached hydrogens (tertiary/aromatic N) is 3. The van der Waals surface area contributed by atoms with Crippen LogP contribution in [0.2, 0.25) is 0 Å². The lowest BCUT2D eigenvalue weighted by Crippen LogP contribution is -2.47. The fraction of sp³-hybridized carbons (Fsp3) is 0.400. The molecule has 0 radical (unpaired) electrons. The summed E-state index contributed by atoms with van der Waals surface area (Å²) in [5.74, 6) is 0.546. The molecule has 2 heterocycles. The van der Waals surface area contributed by atoms with Crippen molar-refractivity contribution in [3.05, 3.63) is 77.5 Å². The Morgan fingerprint density at radius 2 is 1.71 bits per heavy atom. The number of likely N-dealkylation sites (tertiary alicyclic amines) is 1. The van der Waals surface area contributed by atoms with Gasteiger partial charge in [-0.15, -0.1) is 0 Å². The summed E-state index contributed by atoms with van der Waals surface area (Å²) in [5, 5.41) is 22.0. The molecule has 0 bridgehead atoms. The van der Waals surface area contributed by atoms with E-state index in [1.807, 2.05) is 60.7 Å². The van der Waals surface area contributed by atoms with E-state index < -0.39 is 19.1 Å². The number of hydrogen-bond acceptors (Lipinski definition) is 5. The first-order chi connectivity index (χ1) is 16.4. The van der Waals surface area contributed by atoms with Crippen molar-refractivity contribution < 1.29 is 18.3 Å². The van der Waals surface area contributed by atoms with E-state index in [0.717, 1.165) is 47.6 Å². The minimum Gasteiger partial charge on any atom is -0.361 e. The summed E-state index contributed by atoms with van der Waals surface area (Å²) >= 11 is 0. The third-order valence-electron chi connectivity index (χ3n) is 6.58. The van der Waals surface area contributed by atoms with Crippen molar-refractivity contribution in [2.24, 2.45) is 0 Å². The lowest BCUT2D eigenvalue weighted by molar-refractivity contribution is -0.143.